The van der Waals surface area contributed by atoms with E-state index in [1.165, 1.54) is 33.5 Å². The number of nitrogens with one attached hydrogen (secondary N) is 1. The molecule has 0 unspecified atom stereocenters. The Labute approximate surface area is 157 Å². The monoisotopic (exact) mass is 341 g/mol. The second kappa shape index (κ2) is 5.74. The number of hydrogen-bond donors (Lipinski definition) is 1. The van der Waals surface area contributed by atoms with E-state index in [1.54, 1.807) is 0 Å². The summed E-state index contributed by atoms with van der Waals surface area (Å²) in [7, 11) is 0. The van der Waals surface area contributed by atoms with Crippen molar-refractivity contribution in [3.8, 4) is 11.1 Å². The van der Waals surface area contributed by atoms with Gasteiger partial charge in [0.2, 0.25) is 0 Å². The predicted octanol–water partition coefficient (Wildman–Crippen LogP) is 7.03. The lowest BCUT2D eigenvalue weighted by atomic mass is 9.82. The van der Waals surface area contributed by atoms with Crippen LogP contribution >= 0.6 is 0 Å². The zero-order valence-electron chi connectivity index (χ0n) is 16.4. The van der Waals surface area contributed by atoms with Gasteiger partial charge >= 0.3 is 0 Å². The van der Waals surface area contributed by atoms with Crippen molar-refractivity contribution >= 4 is 11.4 Å². The Morgan fingerprint density at radius 3 is 2.15 bits per heavy atom. The minimum atomic E-state index is 0.0349. The van der Waals surface area contributed by atoms with Crippen LogP contribution in [0.5, 0.6) is 0 Å². The van der Waals surface area contributed by atoms with Crippen LogP contribution in [-0.4, -0.2) is 0 Å². The Morgan fingerprint density at radius 2 is 1.38 bits per heavy atom. The Bertz CT molecular complexity index is 973. The fourth-order valence-electron chi connectivity index (χ4n) is 4.18. The number of anilines is 2. The van der Waals surface area contributed by atoms with Gasteiger partial charge in [0, 0.05) is 16.8 Å². The number of rotatable bonds is 2. The molecule has 0 amide bonds. The molecule has 0 saturated carbocycles. The number of para-hydroxylation sites is 1. The highest BCUT2D eigenvalue weighted by molar-refractivity contribution is 5.83. The van der Waals surface area contributed by atoms with E-state index in [9.17, 15) is 0 Å². The van der Waals surface area contributed by atoms with Gasteiger partial charge in [-0.1, -0.05) is 83.1 Å². The van der Waals surface area contributed by atoms with Crippen molar-refractivity contribution in [2.75, 3.05) is 5.32 Å². The molecule has 0 atom stereocenters. The molecule has 132 valence electrons. The summed E-state index contributed by atoms with van der Waals surface area (Å²) >= 11 is 0. The smallest absolute Gasteiger partial charge is 0.0422 e. The Kier molecular flexibility index (Phi) is 3.73. The lowest BCUT2D eigenvalue weighted by Gasteiger charge is -2.25. The molecule has 0 aliphatic heterocycles. The third-order valence-electron chi connectivity index (χ3n) is 5.60. The zero-order valence-corrected chi connectivity index (χ0v) is 16.4. The van der Waals surface area contributed by atoms with Gasteiger partial charge < -0.3 is 5.32 Å². The van der Waals surface area contributed by atoms with Crippen molar-refractivity contribution in [3.63, 3.8) is 0 Å². The molecular weight excluding hydrogens is 314 g/mol. The first-order valence-corrected chi connectivity index (χ1v) is 9.39. The molecule has 0 aromatic heterocycles. The highest BCUT2D eigenvalue weighted by atomic mass is 14.9. The molecule has 3 aromatic rings. The van der Waals surface area contributed by atoms with Gasteiger partial charge in [-0.05, 0) is 51.4 Å². The van der Waals surface area contributed by atoms with Crippen LogP contribution in [-0.2, 0) is 10.8 Å². The van der Waals surface area contributed by atoms with E-state index in [0.29, 0.717) is 0 Å². The molecular formula is C25H27N. The van der Waals surface area contributed by atoms with Crippen molar-refractivity contribution < 1.29 is 0 Å². The van der Waals surface area contributed by atoms with Crippen LogP contribution in [0.25, 0.3) is 11.1 Å². The summed E-state index contributed by atoms with van der Waals surface area (Å²) in [5.41, 5.74) is 9.37. The van der Waals surface area contributed by atoms with E-state index < -0.39 is 0 Å². The Morgan fingerprint density at radius 1 is 0.731 bits per heavy atom. The lowest BCUT2D eigenvalue weighted by Crippen LogP contribution is -2.15. The minimum Gasteiger partial charge on any atom is -0.355 e. The van der Waals surface area contributed by atoms with Crippen molar-refractivity contribution in [3.05, 3.63) is 83.4 Å². The van der Waals surface area contributed by atoms with Gasteiger partial charge in [-0.2, -0.15) is 0 Å². The van der Waals surface area contributed by atoms with Crippen LogP contribution in [0, 0.1) is 0 Å². The van der Waals surface area contributed by atoms with Crippen molar-refractivity contribution in [2.24, 2.45) is 0 Å². The van der Waals surface area contributed by atoms with Crippen LogP contribution in [0.1, 0.15) is 51.3 Å². The van der Waals surface area contributed by atoms with E-state index in [0.717, 1.165) is 5.69 Å². The lowest BCUT2D eigenvalue weighted by molar-refractivity contribution is 0.592. The number of fused-ring (bicyclic) bond motifs is 3. The van der Waals surface area contributed by atoms with Gasteiger partial charge in [0.25, 0.3) is 0 Å². The fourth-order valence-corrected chi connectivity index (χ4v) is 4.18. The topological polar surface area (TPSA) is 12.0 Å². The van der Waals surface area contributed by atoms with Crippen LogP contribution in [0.4, 0.5) is 11.4 Å². The van der Waals surface area contributed by atoms with E-state index in [-0.39, 0.29) is 10.8 Å². The summed E-state index contributed by atoms with van der Waals surface area (Å²) in [6, 6.07) is 24.2. The van der Waals surface area contributed by atoms with Gasteiger partial charge in [0.15, 0.2) is 0 Å². The molecule has 4 rings (SSSR count). The number of hydrogen-bond acceptors (Lipinski definition) is 1. The Balaban J connectivity index is 1.76. The molecule has 0 saturated heterocycles. The quantitative estimate of drug-likeness (QED) is 0.527. The highest BCUT2D eigenvalue weighted by Gasteiger charge is 2.35. The van der Waals surface area contributed by atoms with E-state index in [4.69, 9.17) is 0 Å². The maximum Gasteiger partial charge on any atom is 0.0422 e. The second-order valence-electron chi connectivity index (χ2n) is 8.85. The molecule has 0 spiro atoms. The fraction of sp³-hybridized carbons (Fsp3) is 0.280. The average molecular weight is 341 g/mol. The average Bonchev–Trinajstić information content (AvgIpc) is 2.83. The maximum atomic E-state index is 3.67. The SMILES string of the molecule is CC(C)(C)c1ccccc1Nc1ccc2c(c1)C(C)(C)c1ccccc1-2. The first-order valence-electron chi connectivity index (χ1n) is 9.39. The van der Waals surface area contributed by atoms with Gasteiger partial charge in [-0.15, -0.1) is 0 Å². The molecule has 1 aliphatic rings. The van der Waals surface area contributed by atoms with Crippen molar-refractivity contribution in [2.45, 2.75) is 45.4 Å². The van der Waals surface area contributed by atoms with Gasteiger partial charge in [-0.3, -0.25) is 0 Å². The summed E-state index contributed by atoms with van der Waals surface area (Å²) in [5, 5.41) is 3.67. The molecule has 26 heavy (non-hydrogen) atoms. The molecule has 0 bridgehead atoms. The Hall–Kier alpha value is -2.54. The normalized spacial score (nSPS) is 14.7. The van der Waals surface area contributed by atoms with Crippen LogP contribution in [0.2, 0.25) is 0 Å². The third kappa shape index (κ3) is 2.63. The van der Waals surface area contributed by atoms with E-state index >= 15 is 0 Å². The second-order valence-corrected chi connectivity index (χ2v) is 8.85. The minimum absolute atomic E-state index is 0.0349. The van der Waals surface area contributed by atoms with Crippen LogP contribution in [0.3, 0.4) is 0 Å². The van der Waals surface area contributed by atoms with E-state index in [1.807, 2.05) is 0 Å². The maximum absolute atomic E-state index is 3.67. The molecule has 3 aromatic carbocycles. The van der Waals surface area contributed by atoms with Gasteiger partial charge in [0.05, 0.1) is 0 Å². The van der Waals surface area contributed by atoms with E-state index in [2.05, 4.69) is 107 Å². The molecule has 1 nitrogen and oxygen atoms in total. The van der Waals surface area contributed by atoms with Crippen LogP contribution < -0.4 is 5.32 Å². The first-order chi connectivity index (χ1) is 12.3. The summed E-state index contributed by atoms with van der Waals surface area (Å²) in [4.78, 5) is 0. The van der Waals surface area contributed by atoms with Gasteiger partial charge in [-0.25, -0.2) is 0 Å². The third-order valence-corrected chi connectivity index (χ3v) is 5.60. The van der Waals surface area contributed by atoms with Crippen molar-refractivity contribution in [1.29, 1.82) is 0 Å². The molecule has 1 N–H and O–H groups in total. The van der Waals surface area contributed by atoms with Crippen LogP contribution in [0.15, 0.2) is 66.7 Å². The first kappa shape index (κ1) is 16.9. The largest absolute Gasteiger partial charge is 0.355 e. The zero-order chi connectivity index (χ0) is 18.5. The number of benzene rings is 3. The summed E-state index contributed by atoms with van der Waals surface area (Å²) in [6.45, 7) is 11.4. The summed E-state index contributed by atoms with van der Waals surface area (Å²) in [6.07, 6.45) is 0. The molecule has 1 heteroatoms. The predicted molar refractivity (Wildman–Crippen MR) is 112 cm³/mol. The highest BCUT2D eigenvalue weighted by Crippen LogP contribution is 2.49. The standard InChI is InChI=1S/C25H27N/c1-24(2,3)21-12-8-9-13-23(21)26-17-14-15-19-18-10-6-7-11-20(18)25(4,5)22(19)16-17/h6-16,26H,1-5H3. The summed E-state index contributed by atoms with van der Waals surface area (Å²) < 4.78 is 0. The molecule has 1 aliphatic carbocycles. The van der Waals surface area contributed by atoms with Crippen molar-refractivity contribution in [1.82, 2.24) is 0 Å². The molecule has 0 radical (unpaired) electrons. The molecule has 0 heterocycles. The van der Waals surface area contributed by atoms with Gasteiger partial charge in [0.1, 0.15) is 0 Å². The molecule has 0 fully saturated rings. The summed E-state index contributed by atoms with van der Waals surface area (Å²) in [5.74, 6) is 0.